The summed E-state index contributed by atoms with van der Waals surface area (Å²) in [4.78, 5) is 19.7. The second kappa shape index (κ2) is 8.06. The van der Waals surface area contributed by atoms with Crippen molar-refractivity contribution in [1.29, 1.82) is 0 Å². The summed E-state index contributed by atoms with van der Waals surface area (Å²) < 4.78 is 14.8. The van der Waals surface area contributed by atoms with Crippen LogP contribution in [0.2, 0.25) is 0 Å². The molecule has 0 saturated carbocycles. The standard InChI is InChI=1S/C21H22FN3O/c1-24(2)14-5-15-25-20(13-10-16-8-11-17(22)12-9-16)23-19-7-4-3-6-18(19)21(25)26/h3-4,6-13H,5,14-15H2,1-2H3/b13-10+. The van der Waals surface area contributed by atoms with E-state index in [0.717, 1.165) is 18.5 Å². The van der Waals surface area contributed by atoms with Crippen LogP contribution >= 0.6 is 0 Å². The molecule has 0 N–H and O–H groups in total. The second-order valence-corrected chi connectivity index (χ2v) is 6.49. The molecular weight excluding hydrogens is 329 g/mol. The van der Waals surface area contributed by atoms with Crippen LogP contribution in [0.3, 0.4) is 0 Å². The Morgan fingerprint density at radius 1 is 1.08 bits per heavy atom. The molecule has 134 valence electrons. The number of hydrogen-bond donors (Lipinski definition) is 0. The molecule has 5 heteroatoms. The molecule has 0 radical (unpaired) electrons. The van der Waals surface area contributed by atoms with E-state index in [1.165, 1.54) is 12.1 Å². The van der Waals surface area contributed by atoms with Gasteiger partial charge in [-0.05, 0) is 63.0 Å². The normalized spacial score (nSPS) is 11.7. The van der Waals surface area contributed by atoms with Gasteiger partial charge in [-0.25, -0.2) is 9.37 Å². The summed E-state index contributed by atoms with van der Waals surface area (Å²) >= 11 is 0. The van der Waals surface area contributed by atoms with Gasteiger partial charge in [0, 0.05) is 6.54 Å². The molecule has 0 atom stereocenters. The first-order valence-electron chi connectivity index (χ1n) is 8.62. The smallest absolute Gasteiger partial charge is 0.261 e. The number of nitrogens with zero attached hydrogens (tertiary/aromatic N) is 3. The lowest BCUT2D eigenvalue weighted by Crippen LogP contribution is -2.26. The number of benzene rings is 2. The molecule has 4 nitrogen and oxygen atoms in total. The predicted octanol–water partition coefficient (Wildman–Crippen LogP) is 3.66. The van der Waals surface area contributed by atoms with Crippen LogP contribution in [-0.4, -0.2) is 35.1 Å². The highest BCUT2D eigenvalue weighted by Gasteiger charge is 2.09. The van der Waals surface area contributed by atoms with Crippen LogP contribution < -0.4 is 5.56 Å². The van der Waals surface area contributed by atoms with E-state index >= 15 is 0 Å². The highest BCUT2D eigenvalue weighted by atomic mass is 19.1. The van der Waals surface area contributed by atoms with Crippen LogP contribution in [0.15, 0.2) is 53.3 Å². The van der Waals surface area contributed by atoms with Crippen molar-refractivity contribution in [3.05, 3.63) is 76.1 Å². The van der Waals surface area contributed by atoms with Crippen molar-refractivity contribution in [3.63, 3.8) is 0 Å². The zero-order valence-corrected chi connectivity index (χ0v) is 15.0. The Labute approximate surface area is 152 Å². The van der Waals surface area contributed by atoms with Crippen LogP contribution in [0.1, 0.15) is 17.8 Å². The van der Waals surface area contributed by atoms with Gasteiger partial charge in [0.25, 0.3) is 5.56 Å². The molecule has 0 unspecified atom stereocenters. The minimum absolute atomic E-state index is 0.0342. The van der Waals surface area contributed by atoms with Gasteiger partial charge in [-0.2, -0.15) is 0 Å². The van der Waals surface area contributed by atoms with Gasteiger partial charge in [0.05, 0.1) is 10.9 Å². The summed E-state index contributed by atoms with van der Waals surface area (Å²) in [5.41, 5.74) is 1.50. The van der Waals surface area contributed by atoms with E-state index in [4.69, 9.17) is 0 Å². The first-order valence-corrected chi connectivity index (χ1v) is 8.62. The lowest BCUT2D eigenvalue weighted by molar-refractivity contribution is 0.384. The summed E-state index contributed by atoms with van der Waals surface area (Å²) in [5, 5.41) is 0.622. The van der Waals surface area contributed by atoms with E-state index < -0.39 is 0 Å². The van der Waals surface area contributed by atoms with Crippen molar-refractivity contribution < 1.29 is 4.39 Å². The van der Waals surface area contributed by atoms with Crippen molar-refractivity contribution in [2.75, 3.05) is 20.6 Å². The predicted molar refractivity (Wildman–Crippen MR) is 105 cm³/mol. The fourth-order valence-electron chi connectivity index (χ4n) is 2.82. The van der Waals surface area contributed by atoms with Crippen molar-refractivity contribution in [1.82, 2.24) is 14.5 Å². The number of hydrogen-bond acceptors (Lipinski definition) is 3. The third kappa shape index (κ3) is 4.24. The van der Waals surface area contributed by atoms with Gasteiger partial charge in [0.2, 0.25) is 0 Å². The molecule has 3 rings (SSSR count). The minimum Gasteiger partial charge on any atom is -0.309 e. The second-order valence-electron chi connectivity index (χ2n) is 6.49. The third-order valence-electron chi connectivity index (χ3n) is 4.17. The zero-order valence-electron chi connectivity index (χ0n) is 15.0. The van der Waals surface area contributed by atoms with E-state index in [9.17, 15) is 9.18 Å². The Hall–Kier alpha value is -2.79. The zero-order chi connectivity index (χ0) is 18.5. The first-order chi connectivity index (χ1) is 12.5. The molecule has 2 aromatic carbocycles. The number of aromatic nitrogens is 2. The summed E-state index contributed by atoms with van der Waals surface area (Å²) in [6.07, 6.45) is 4.51. The molecule has 0 bridgehead atoms. The molecule has 0 aliphatic rings. The fourth-order valence-corrected chi connectivity index (χ4v) is 2.82. The summed E-state index contributed by atoms with van der Waals surface area (Å²) in [6, 6.07) is 13.6. The Morgan fingerprint density at radius 2 is 1.81 bits per heavy atom. The van der Waals surface area contributed by atoms with Gasteiger partial charge >= 0.3 is 0 Å². The maximum absolute atomic E-state index is 13.1. The van der Waals surface area contributed by atoms with Gasteiger partial charge in [-0.15, -0.1) is 0 Å². The molecule has 0 aliphatic heterocycles. The van der Waals surface area contributed by atoms with E-state index in [0.29, 0.717) is 23.3 Å². The van der Waals surface area contributed by atoms with E-state index in [1.807, 2.05) is 44.4 Å². The molecule has 1 heterocycles. The lowest BCUT2D eigenvalue weighted by atomic mass is 10.2. The first kappa shape index (κ1) is 18.0. The fraction of sp³-hybridized carbons (Fsp3) is 0.238. The molecule has 0 amide bonds. The largest absolute Gasteiger partial charge is 0.309 e. The maximum Gasteiger partial charge on any atom is 0.261 e. The van der Waals surface area contributed by atoms with Crippen LogP contribution in [0.25, 0.3) is 23.1 Å². The summed E-state index contributed by atoms with van der Waals surface area (Å²) in [7, 11) is 4.02. The Morgan fingerprint density at radius 3 is 2.54 bits per heavy atom. The summed E-state index contributed by atoms with van der Waals surface area (Å²) in [5.74, 6) is 0.336. The number of fused-ring (bicyclic) bond motifs is 1. The Kier molecular flexibility index (Phi) is 5.58. The molecular formula is C21H22FN3O. The molecule has 1 aromatic heterocycles. The van der Waals surface area contributed by atoms with Crippen LogP contribution in [0.5, 0.6) is 0 Å². The molecule has 0 saturated heterocycles. The number of rotatable bonds is 6. The van der Waals surface area contributed by atoms with Crippen molar-refractivity contribution >= 4 is 23.1 Å². The molecule has 3 aromatic rings. The van der Waals surface area contributed by atoms with Crippen LogP contribution in [0, 0.1) is 5.82 Å². The van der Waals surface area contributed by atoms with Crippen molar-refractivity contribution in [2.24, 2.45) is 0 Å². The number of halogens is 1. The van der Waals surface area contributed by atoms with Crippen LogP contribution in [-0.2, 0) is 6.54 Å². The highest BCUT2D eigenvalue weighted by Crippen LogP contribution is 2.12. The van der Waals surface area contributed by atoms with Crippen molar-refractivity contribution in [3.8, 4) is 0 Å². The quantitative estimate of drug-likeness (QED) is 0.680. The van der Waals surface area contributed by atoms with Crippen LogP contribution in [0.4, 0.5) is 4.39 Å². The monoisotopic (exact) mass is 351 g/mol. The summed E-state index contributed by atoms with van der Waals surface area (Å²) in [6.45, 7) is 1.48. The molecule has 26 heavy (non-hydrogen) atoms. The Bertz CT molecular complexity index is 975. The highest BCUT2D eigenvalue weighted by molar-refractivity contribution is 5.79. The van der Waals surface area contributed by atoms with E-state index in [1.54, 1.807) is 22.8 Å². The van der Waals surface area contributed by atoms with Crippen molar-refractivity contribution in [2.45, 2.75) is 13.0 Å². The average Bonchev–Trinajstić information content (AvgIpc) is 2.63. The maximum atomic E-state index is 13.1. The third-order valence-corrected chi connectivity index (χ3v) is 4.17. The minimum atomic E-state index is -0.272. The average molecular weight is 351 g/mol. The van der Waals surface area contributed by atoms with Gasteiger partial charge in [0.1, 0.15) is 11.6 Å². The molecule has 0 fully saturated rings. The van der Waals surface area contributed by atoms with Gasteiger partial charge < -0.3 is 4.90 Å². The van der Waals surface area contributed by atoms with Gasteiger partial charge in [-0.1, -0.05) is 30.3 Å². The SMILES string of the molecule is CN(C)CCCn1c(/C=C/c2ccc(F)cc2)nc2ccccc2c1=O. The Balaban J connectivity index is 2.00. The van der Waals surface area contributed by atoms with Gasteiger partial charge in [-0.3, -0.25) is 9.36 Å². The van der Waals surface area contributed by atoms with E-state index in [2.05, 4.69) is 9.88 Å². The molecule has 0 spiro atoms. The topological polar surface area (TPSA) is 38.1 Å². The van der Waals surface area contributed by atoms with Gasteiger partial charge in [0.15, 0.2) is 0 Å². The lowest BCUT2D eigenvalue weighted by Gasteiger charge is -2.13. The molecule has 0 aliphatic carbocycles. The number of para-hydroxylation sites is 1. The van der Waals surface area contributed by atoms with E-state index in [-0.39, 0.29) is 11.4 Å².